The molecular formula is C16H18ClNOS. The van der Waals surface area contributed by atoms with E-state index in [1.54, 1.807) is 18.0 Å². The Labute approximate surface area is 129 Å². The molecule has 0 aliphatic heterocycles. The summed E-state index contributed by atoms with van der Waals surface area (Å²) in [5, 5.41) is 1.69. The average molecular weight is 308 g/mol. The van der Waals surface area contributed by atoms with Gasteiger partial charge in [0, 0.05) is 18.6 Å². The SMILES string of the molecule is Clc1ccc(SCCCOCCc2ccccc2)nc1. The van der Waals surface area contributed by atoms with Gasteiger partial charge >= 0.3 is 0 Å². The van der Waals surface area contributed by atoms with E-state index < -0.39 is 0 Å². The van der Waals surface area contributed by atoms with Crippen LogP contribution in [0.25, 0.3) is 0 Å². The number of thioether (sulfide) groups is 1. The molecule has 2 aromatic rings. The van der Waals surface area contributed by atoms with Crippen molar-refractivity contribution >= 4 is 23.4 Å². The average Bonchev–Trinajstić information content (AvgIpc) is 2.49. The van der Waals surface area contributed by atoms with E-state index in [-0.39, 0.29) is 0 Å². The zero-order valence-electron chi connectivity index (χ0n) is 11.3. The van der Waals surface area contributed by atoms with E-state index in [0.29, 0.717) is 5.02 Å². The molecule has 0 aliphatic rings. The van der Waals surface area contributed by atoms with E-state index in [9.17, 15) is 0 Å². The number of pyridine rings is 1. The van der Waals surface area contributed by atoms with Gasteiger partial charge in [0.25, 0.3) is 0 Å². The Morgan fingerprint density at radius 3 is 2.65 bits per heavy atom. The predicted octanol–water partition coefficient (Wildman–Crippen LogP) is 4.48. The first kappa shape index (κ1) is 15.4. The van der Waals surface area contributed by atoms with E-state index in [1.165, 1.54) is 5.56 Å². The third-order valence-corrected chi connectivity index (χ3v) is 4.01. The second-order valence-electron chi connectivity index (χ2n) is 4.36. The molecule has 1 heterocycles. The summed E-state index contributed by atoms with van der Waals surface area (Å²) in [6.45, 7) is 1.58. The molecule has 2 nitrogen and oxygen atoms in total. The zero-order chi connectivity index (χ0) is 14.0. The highest BCUT2D eigenvalue weighted by molar-refractivity contribution is 7.99. The molecule has 0 N–H and O–H groups in total. The second-order valence-corrected chi connectivity index (χ2v) is 5.92. The van der Waals surface area contributed by atoms with Crippen molar-refractivity contribution in [1.82, 2.24) is 4.98 Å². The summed E-state index contributed by atoms with van der Waals surface area (Å²) < 4.78 is 5.64. The summed E-state index contributed by atoms with van der Waals surface area (Å²) in [5.74, 6) is 1.01. The van der Waals surface area contributed by atoms with Crippen molar-refractivity contribution in [2.75, 3.05) is 19.0 Å². The molecule has 0 atom stereocenters. The molecule has 2 rings (SSSR count). The number of rotatable bonds is 8. The maximum absolute atomic E-state index is 5.79. The summed E-state index contributed by atoms with van der Waals surface area (Å²) in [6.07, 6.45) is 3.69. The van der Waals surface area contributed by atoms with Gasteiger partial charge in [0.2, 0.25) is 0 Å². The molecule has 0 unspecified atom stereocenters. The van der Waals surface area contributed by atoms with E-state index in [2.05, 4.69) is 29.2 Å². The first-order valence-corrected chi connectivity index (χ1v) is 8.07. The van der Waals surface area contributed by atoms with Gasteiger partial charge in [0.15, 0.2) is 0 Å². The van der Waals surface area contributed by atoms with Crippen molar-refractivity contribution in [2.45, 2.75) is 17.9 Å². The molecule has 0 aliphatic carbocycles. The number of hydrogen-bond donors (Lipinski definition) is 0. The van der Waals surface area contributed by atoms with Gasteiger partial charge in [-0.25, -0.2) is 4.98 Å². The van der Waals surface area contributed by atoms with Crippen molar-refractivity contribution < 1.29 is 4.74 Å². The fourth-order valence-electron chi connectivity index (χ4n) is 1.72. The van der Waals surface area contributed by atoms with Crippen molar-refractivity contribution in [1.29, 1.82) is 0 Å². The number of nitrogens with zero attached hydrogens (tertiary/aromatic N) is 1. The molecule has 0 saturated heterocycles. The van der Waals surface area contributed by atoms with Crippen LogP contribution in [0.5, 0.6) is 0 Å². The van der Waals surface area contributed by atoms with Crippen molar-refractivity contribution in [3.8, 4) is 0 Å². The Morgan fingerprint density at radius 1 is 1.05 bits per heavy atom. The highest BCUT2D eigenvalue weighted by Crippen LogP contribution is 2.17. The second kappa shape index (κ2) is 9.01. The first-order valence-electron chi connectivity index (χ1n) is 6.70. The van der Waals surface area contributed by atoms with Crippen LogP contribution in [0.4, 0.5) is 0 Å². The molecule has 0 radical (unpaired) electrons. The van der Waals surface area contributed by atoms with Crippen LogP contribution in [0.1, 0.15) is 12.0 Å². The fraction of sp³-hybridized carbons (Fsp3) is 0.312. The van der Waals surface area contributed by atoms with Gasteiger partial charge in [-0.3, -0.25) is 0 Å². The minimum Gasteiger partial charge on any atom is -0.381 e. The zero-order valence-corrected chi connectivity index (χ0v) is 12.9. The largest absolute Gasteiger partial charge is 0.381 e. The van der Waals surface area contributed by atoms with Crippen LogP contribution >= 0.6 is 23.4 Å². The summed E-state index contributed by atoms with van der Waals surface area (Å²) in [5.41, 5.74) is 1.33. The monoisotopic (exact) mass is 307 g/mol. The van der Waals surface area contributed by atoms with Crippen LogP contribution in [0.15, 0.2) is 53.7 Å². The highest BCUT2D eigenvalue weighted by Gasteiger charge is 1.97. The minimum atomic E-state index is 0.679. The smallest absolute Gasteiger partial charge is 0.0960 e. The van der Waals surface area contributed by atoms with Gasteiger partial charge in [-0.2, -0.15) is 0 Å². The third-order valence-electron chi connectivity index (χ3n) is 2.76. The lowest BCUT2D eigenvalue weighted by Gasteiger charge is -2.04. The molecule has 20 heavy (non-hydrogen) atoms. The normalized spacial score (nSPS) is 10.7. The van der Waals surface area contributed by atoms with Gasteiger partial charge < -0.3 is 4.74 Å². The summed E-state index contributed by atoms with van der Waals surface area (Å²) in [4.78, 5) is 4.24. The maximum atomic E-state index is 5.79. The molecule has 106 valence electrons. The number of halogens is 1. The number of ether oxygens (including phenoxy) is 1. The standard InChI is InChI=1S/C16H18ClNOS/c17-15-7-8-16(18-13-15)20-12-4-10-19-11-9-14-5-2-1-3-6-14/h1-3,5-8,13H,4,9-12H2. The topological polar surface area (TPSA) is 22.1 Å². The molecule has 0 amide bonds. The third kappa shape index (κ3) is 5.95. The Kier molecular flexibility index (Phi) is 6.92. The molecule has 1 aromatic heterocycles. The molecule has 0 saturated carbocycles. The van der Waals surface area contributed by atoms with Gasteiger partial charge in [-0.1, -0.05) is 41.9 Å². The quantitative estimate of drug-likeness (QED) is 0.530. The summed E-state index contributed by atoms with van der Waals surface area (Å²) in [7, 11) is 0. The van der Waals surface area contributed by atoms with E-state index in [4.69, 9.17) is 16.3 Å². The van der Waals surface area contributed by atoms with E-state index >= 15 is 0 Å². The molecular weight excluding hydrogens is 290 g/mol. The molecule has 0 fully saturated rings. The Balaban J connectivity index is 1.51. The number of hydrogen-bond acceptors (Lipinski definition) is 3. The van der Waals surface area contributed by atoms with Gasteiger partial charge in [-0.05, 0) is 30.5 Å². The molecule has 1 aromatic carbocycles. The van der Waals surface area contributed by atoms with Crippen LogP contribution in [-0.4, -0.2) is 24.0 Å². The van der Waals surface area contributed by atoms with Crippen LogP contribution in [0.2, 0.25) is 5.02 Å². The maximum Gasteiger partial charge on any atom is 0.0960 e. The van der Waals surface area contributed by atoms with Crippen LogP contribution in [0, 0.1) is 0 Å². The van der Waals surface area contributed by atoms with Crippen molar-refractivity contribution in [2.24, 2.45) is 0 Å². The van der Waals surface area contributed by atoms with Crippen LogP contribution in [-0.2, 0) is 11.2 Å². The number of benzene rings is 1. The molecule has 4 heteroatoms. The van der Waals surface area contributed by atoms with Crippen molar-refractivity contribution in [3.05, 3.63) is 59.2 Å². The van der Waals surface area contributed by atoms with E-state index in [1.807, 2.05) is 18.2 Å². The predicted molar refractivity (Wildman–Crippen MR) is 85.6 cm³/mol. The first-order chi connectivity index (χ1) is 9.84. The van der Waals surface area contributed by atoms with Gasteiger partial charge in [0.1, 0.15) is 0 Å². The lowest BCUT2D eigenvalue weighted by molar-refractivity contribution is 0.138. The van der Waals surface area contributed by atoms with Crippen LogP contribution < -0.4 is 0 Å². The van der Waals surface area contributed by atoms with Crippen molar-refractivity contribution in [3.63, 3.8) is 0 Å². The lowest BCUT2D eigenvalue weighted by atomic mass is 10.2. The van der Waals surface area contributed by atoms with Crippen LogP contribution in [0.3, 0.4) is 0 Å². The number of aromatic nitrogens is 1. The summed E-state index contributed by atoms with van der Waals surface area (Å²) >= 11 is 7.52. The fourth-order valence-corrected chi connectivity index (χ4v) is 2.60. The Bertz CT molecular complexity index is 490. The van der Waals surface area contributed by atoms with Gasteiger partial charge in [0.05, 0.1) is 16.7 Å². The Hall–Kier alpha value is -1.03. The lowest BCUT2D eigenvalue weighted by Crippen LogP contribution is -2.01. The molecule has 0 spiro atoms. The highest BCUT2D eigenvalue weighted by atomic mass is 35.5. The Morgan fingerprint density at radius 2 is 1.90 bits per heavy atom. The molecule has 0 bridgehead atoms. The summed E-state index contributed by atoms with van der Waals surface area (Å²) in [6, 6.07) is 14.2. The van der Waals surface area contributed by atoms with E-state index in [0.717, 1.165) is 36.8 Å². The minimum absolute atomic E-state index is 0.679. The van der Waals surface area contributed by atoms with Gasteiger partial charge in [-0.15, -0.1) is 11.8 Å².